The van der Waals surface area contributed by atoms with Gasteiger partial charge in [-0.15, -0.1) is 10.2 Å². The summed E-state index contributed by atoms with van der Waals surface area (Å²) in [5, 5.41) is 29.4. The molecule has 0 bridgehead atoms. The van der Waals surface area contributed by atoms with Crippen LogP contribution in [0.3, 0.4) is 0 Å². The minimum absolute atomic E-state index is 0.0367. The fourth-order valence-electron chi connectivity index (χ4n) is 2.72. The summed E-state index contributed by atoms with van der Waals surface area (Å²) < 4.78 is 7.62. The second-order valence-corrected chi connectivity index (χ2v) is 6.60. The monoisotopic (exact) mass is 446 g/mol. The Morgan fingerprint density at radius 3 is 2.79 bits per heavy atom. The van der Waals surface area contributed by atoms with E-state index in [9.17, 15) is 20.0 Å². The number of halogens is 1. The topological polar surface area (TPSA) is 119 Å². The van der Waals surface area contributed by atoms with Crippen LogP contribution in [0.2, 0.25) is 0 Å². The normalized spacial score (nSPS) is 11.2. The smallest absolute Gasteiger partial charge is 0.310 e. The fraction of sp³-hybridized carbons (Fsp3) is 0.167. The molecule has 1 heterocycles. The number of fused-ring (bicyclic) bond motifs is 1. The average Bonchev–Trinajstić information content (AvgIpc) is 2.94. The van der Waals surface area contributed by atoms with Gasteiger partial charge in [0.05, 0.1) is 10.4 Å². The number of para-hydroxylation sites is 2. The molecule has 0 unspecified atom stereocenters. The standard InChI is InChI=1S/C18H15BrN4O5/c1-2-22-13-8-7-11(19)9-12(13)17(18(22)25)21-20-16(24)10-28-15-6-4-3-5-14(15)23(26)27/h3-9,25H,2,10H2,1H3. The molecule has 10 heteroatoms. The van der Waals surface area contributed by atoms with Crippen molar-refractivity contribution in [2.45, 2.75) is 13.5 Å². The van der Waals surface area contributed by atoms with Gasteiger partial charge in [0, 0.05) is 22.5 Å². The highest BCUT2D eigenvalue weighted by Gasteiger charge is 2.17. The van der Waals surface area contributed by atoms with Gasteiger partial charge in [-0.3, -0.25) is 14.9 Å². The fourth-order valence-corrected chi connectivity index (χ4v) is 3.08. The zero-order valence-corrected chi connectivity index (χ0v) is 16.3. The zero-order valence-electron chi connectivity index (χ0n) is 14.7. The molecule has 0 aliphatic rings. The lowest BCUT2D eigenvalue weighted by Crippen LogP contribution is -2.09. The van der Waals surface area contributed by atoms with Gasteiger partial charge in [-0.2, -0.15) is 0 Å². The largest absolute Gasteiger partial charge is 0.493 e. The predicted molar refractivity (Wildman–Crippen MR) is 105 cm³/mol. The van der Waals surface area contributed by atoms with Crippen LogP contribution in [0.5, 0.6) is 11.6 Å². The summed E-state index contributed by atoms with van der Waals surface area (Å²) in [6, 6.07) is 11.1. The number of azo groups is 1. The first kappa shape index (κ1) is 19.5. The highest BCUT2D eigenvalue weighted by molar-refractivity contribution is 9.10. The first-order valence-corrected chi connectivity index (χ1v) is 9.03. The number of aryl methyl sites for hydroxylation is 1. The molecule has 0 saturated heterocycles. The van der Waals surface area contributed by atoms with Gasteiger partial charge in [-0.25, -0.2) is 0 Å². The maximum atomic E-state index is 12.0. The Hall–Kier alpha value is -3.27. The molecular weight excluding hydrogens is 432 g/mol. The van der Waals surface area contributed by atoms with E-state index in [0.29, 0.717) is 11.9 Å². The Labute approximate surface area is 167 Å². The van der Waals surface area contributed by atoms with Crippen molar-refractivity contribution in [1.29, 1.82) is 0 Å². The highest BCUT2D eigenvalue weighted by atomic mass is 79.9. The third-order valence-corrected chi connectivity index (χ3v) is 4.46. The Morgan fingerprint density at radius 2 is 2.07 bits per heavy atom. The van der Waals surface area contributed by atoms with Gasteiger partial charge in [-0.05, 0) is 31.2 Å². The number of nitrogens with zero attached hydrogens (tertiary/aromatic N) is 4. The number of hydrogen-bond acceptors (Lipinski definition) is 6. The summed E-state index contributed by atoms with van der Waals surface area (Å²) in [6.07, 6.45) is 0. The van der Waals surface area contributed by atoms with Crippen LogP contribution in [0.4, 0.5) is 11.4 Å². The van der Waals surface area contributed by atoms with E-state index in [1.807, 2.05) is 19.1 Å². The molecule has 2 aromatic carbocycles. The maximum absolute atomic E-state index is 12.0. The number of hydrogen-bond donors (Lipinski definition) is 1. The van der Waals surface area contributed by atoms with E-state index in [1.54, 1.807) is 16.7 Å². The van der Waals surface area contributed by atoms with E-state index in [2.05, 4.69) is 26.2 Å². The van der Waals surface area contributed by atoms with Crippen molar-refractivity contribution in [2.24, 2.45) is 10.2 Å². The molecule has 3 rings (SSSR count). The van der Waals surface area contributed by atoms with Gasteiger partial charge < -0.3 is 14.4 Å². The van der Waals surface area contributed by atoms with Crippen molar-refractivity contribution in [3.63, 3.8) is 0 Å². The van der Waals surface area contributed by atoms with Gasteiger partial charge >= 0.3 is 11.6 Å². The molecule has 9 nitrogen and oxygen atoms in total. The summed E-state index contributed by atoms with van der Waals surface area (Å²) in [7, 11) is 0. The van der Waals surface area contributed by atoms with Crippen molar-refractivity contribution in [3.05, 3.63) is 57.1 Å². The van der Waals surface area contributed by atoms with Gasteiger partial charge in [0.2, 0.25) is 5.88 Å². The van der Waals surface area contributed by atoms with Crippen LogP contribution >= 0.6 is 15.9 Å². The van der Waals surface area contributed by atoms with E-state index in [-0.39, 0.29) is 23.0 Å². The van der Waals surface area contributed by atoms with Crippen molar-refractivity contribution in [2.75, 3.05) is 6.61 Å². The summed E-state index contributed by atoms with van der Waals surface area (Å²) in [6.45, 7) is 1.85. The third kappa shape index (κ3) is 3.86. The third-order valence-electron chi connectivity index (χ3n) is 3.96. The molecule has 0 atom stereocenters. The molecule has 0 saturated carbocycles. The maximum Gasteiger partial charge on any atom is 0.310 e. The lowest BCUT2D eigenvalue weighted by molar-refractivity contribution is -0.385. The van der Waals surface area contributed by atoms with Gasteiger partial charge in [0.25, 0.3) is 0 Å². The number of rotatable bonds is 6. The minimum Gasteiger partial charge on any atom is -0.493 e. The summed E-state index contributed by atoms with van der Waals surface area (Å²) in [5.41, 5.74) is 0.665. The van der Waals surface area contributed by atoms with Crippen LogP contribution < -0.4 is 4.74 Å². The van der Waals surface area contributed by atoms with Crippen molar-refractivity contribution in [1.82, 2.24) is 4.57 Å². The lowest BCUT2D eigenvalue weighted by Gasteiger charge is -2.03. The first-order valence-electron chi connectivity index (χ1n) is 8.23. The Balaban J connectivity index is 1.81. The first-order chi connectivity index (χ1) is 13.4. The van der Waals surface area contributed by atoms with Crippen LogP contribution in [0, 0.1) is 10.1 Å². The second kappa shape index (κ2) is 8.17. The van der Waals surface area contributed by atoms with Crippen molar-refractivity contribution >= 4 is 44.1 Å². The van der Waals surface area contributed by atoms with Crippen LogP contribution in [0.25, 0.3) is 10.9 Å². The lowest BCUT2D eigenvalue weighted by atomic mass is 10.2. The summed E-state index contributed by atoms with van der Waals surface area (Å²) in [4.78, 5) is 22.4. The number of nitro benzene ring substituents is 1. The van der Waals surface area contributed by atoms with E-state index in [1.165, 1.54) is 18.2 Å². The Morgan fingerprint density at radius 1 is 1.32 bits per heavy atom. The van der Waals surface area contributed by atoms with Crippen LogP contribution in [-0.2, 0) is 11.3 Å². The van der Waals surface area contributed by atoms with Crippen molar-refractivity contribution in [3.8, 4) is 11.6 Å². The number of carbonyl (C=O) groups is 1. The van der Waals surface area contributed by atoms with Crippen LogP contribution in [-0.4, -0.2) is 27.1 Å². The number of carbonyl (C=O) groups excluding carboxylic acids is 1. The molecule has 1 amide bonds. The quantitative estimate of drug-likeness (QED) is 0.333. The SMILES string of the molecule is CCn1c(O)c(N=NC(=O)COc2ccccc2[N+](=O)[O-])c2cc(Br)ccc21. The molecular formula is C18H15BrN4O5. The number of ether oxygens (including phenoxy) is 1. The number of amides is 1. The number of nitro groups is 1. The van der Waals surface area contributed by atoms with Gasteiger partial charge in [0.1, 0.15) is 0 Å². The molecule has 0 aliphatic heterocycles. The second-order valence-electron chi connectivity index (χ2n) is 5.69. The minimum atomic E-state index is -0.745. The molecule has 0 radical (unpaired) electrons. The van der Waals surface area contributed by atoms with Crippen LogP contribution in [0.15, 0.2) is 57.2 Å². The molecule has 1 N–H and O–H groups in total. The van der Waals surface area contributed by atoms with Gasteiger partial charge in [0.15, 0.2) is 18.0 Å². The Bertz CT molecular complexity index is 1090. The molecule has 0 fully saturated rings. The highest BCUT2D eigenvalue weighted by Crippen LogP contribution is 2.40. The number of benzene rings is 2. The molecule has 28 heavy (non-hydrogen) atoms. The average molecular weight is 447 g/mol. The zero-order chi connectivity index (χ0) is 20.3. The van der Waals surface area contributed by atoms with Crippen LogP contribution in [0.1, 0.15) is 6.92 Å². The summed E-state index contributed by atoms with van der Waals surface area (Å²) >= 11 is 3.37. The van der Waals surface area contributed by atoms with E-state index < -0.39 is 17.4 Å². The number of aromatic hydroxyl groups is 1. The molecule has 0 spiro atoms. The van der Waals surface area contributed by atoms with E-state index >= 15 is 0 Å². The van der Waals surface area contributed by atoms with E-state index in [0.717, 1.165) is 9.99 Å². The predicted octanol–water partition coefficient (Wildman–Crippen LogP) is 4.73. The molecule has 0 aliphatic carbocycles. The van der Waals surface area contributed by atoms with Crippen molar-refractivity contribution < 1.29 is 19.6 Å². The number of aromatic nitrogens is 1. The van der Waals surface area contributed by atoms with Gasteiger partial charge in [-0.1, -0.05) is 28.1 Å². The Kier molecular flexibility index (Phi) is 5.69. The van der Waals surface area contributed by atoms with E-state index in [4.69, 9.17) is 4.74 Å². The molecule has 3 aromatic rings. The molecule has 1 aromatic heterocycles. The summed E-state index contributed by atoms with van der Waals surface area (Å²) in [5.74, 6) is -0.887. The molecule has 144 valence electrons.